The maximum absolute atomic E-state index is 13.3. The number of hydrogen-bond donors (Lipinski definition) is 0. The maximum Gasteiger partial charge on any atom is 0.253 e. The fourth-order valence-electron chi connectivity index (χ4n) is 2.94. The largest absolute Gasteiger partial charge is 0.378 e. The van der Waals surface area contributed by atoms with Gasteiger partial charge in [-0.1, -0.05) is 0 Å². The Hall–Kier alpha value is -1.57. The highest BCUT2D eigenvalue weighted by atomic mass is 19.1. The molecule has 1 amide bonds. The van der Waals surface area contributed by atoms with Crippen LogP contribution in [0.25, 0.3) is 0 Å². The molecule has 0 aliphatic carbocycles. The number of rotatable bonds is 3. The highest BCUT2D eigenvalue weighted by molar-refractivity contribution is 5.81. The van der Waals surface area contributed by atoms with E-state index in [9.17, 15) is 13.6 Å². The van der Waals surface area contributed by atoms with E-state index in [4.69, 9.17) is 9.47 Å². The third kappa shape index (κ3) is 4.25. The van der Waals surface area contributed by atoms with Gasteiger partial charge in [-0.25, -0.2) is 8.78 Å². The maximum atomic E-state index is 13.3. The van der Waals surface area contributed by atoms with Crippen LogP contribution in [0.4, 0.5) is 8.78 Å². The molecule has 1 aromatic carbocycles. The van der Waals surface area contributed by atoms with Crippen molar-refractivity contribution >= 4 is 5.91 Å². The summed E-state index contributed by atoms with van der Waals surface area (Å²) < 4.78 is 37.4. The van der Waals surface area contributed by atoms with Crippen LogP contribution < -0.4 is 0 Å². The van der Waals surface area contributed by atoms with Gasteiger partial charge in [0.15, 0.2) is 0 Å². The van der Waals surface area contributed by atoms with Crippen LogP contribution in [0.5, 0.6) is 0 Å². The Balaban J connectivity index is 1.60. The molecular formula is C16H20F2N2O3. The number of nitrogens with zero attached hydrogens (tertiary/aromatic N) is 2. The first-order chi connectivity index (χ1) is 11.1. The molecule has 2 heterocycles. The van der Waals surface area contributed by atoms with E-state index in [1.807, 2.05) is 4.90 Å². The zero-order valence-electron chi connectivity index (χ0n) is 12.8. The average molecular weight is 326 g/mol. The number of carbonyl (C=O) groups excluding carboxylic acids is 1. The monoisotopic (exact) mass is 326 g/mol. The van der Waals surface area contributed by atoms with E-state index in [0.29, 0.717) is 58.1 Å². The van der Waals surface area contributed by atoms with Gasteiger partial charge < -0.3 is 14.4 Å². The van der Waals surface area contributed by atoms with E-state index < -0.39 is 17.7 Å². The average Bonchev–Trinajstić information content (AvgIpc) is 2.54. The summed E-state index contributed by atoms with van der Waals surface area (Å²) in [6.45, 7) is 4.12. The van der Waals surface area contributed by atoms with E-state index in [0.717, 1.165) is 6.07 Å². The van der Waals surface area contributed by atoms with Crippen molar-refractivity contribution in [3.8, 4) is 0 Å². The minimum absolute atomic E-state index is 0.0385. The first kappa shape index (κ1) is 16.3. The third-order valence-corrected chi connectivity index (χ3v) is 4.08. The lowest BCUT2D eigenvalue weighted by Gasteiger charge is -2.36. The summed E-state index contributed by atoms with van der Waals surface area (Å²) in [5, 5.41) is 0. The summed E-state index contributed by atoms with van der Waals surface area (Å²) >= 11 is 0. The van der Waals surface area contributed by atoms with E-state index >= 15 is 0 Å². The van der Waals surface area contributed by atoms with Crippen LogP contribution >= 0.6 is 0 Å². The normalized spacial score (nSPS) is 23.0. The van der Waals surface area contributed by atoms with Gasteiger partial charge in [0, 0.05) is 38.8 Å². The molecule has 3 rings (SSSR count). The van der Waals surface area contributed by atoms with Gasteiger partial charge in [-0.05, 0) is 17.7 Å². The fraction of sp³-hybridized carbons (Fsp3) is 0.562. The predicted molar refractivity (Wildman–Crippen MR) is 78.8 cm³/mol. The van der Waals surface area contributed by atoms with Gasteiger partial charge in [0.1, 0.15) is 17.7 Å². The zero-order valence-corrected chi connectivity index (χ0v) is 12.8. The Kier molecular flexibility index (Phi) is 5.20. The number of benzene rings is 1. The van der Waals surface area contributed by atoms with Gasteiger partial charge in [-0.15, -0.1) is 0 Å². The summed E-state index contributed by atoms with van der Waals surface area (Å²) in [6.07, 6.45) is -0.528. The van der Waals surface area contributed by atoms with Crippen LogP contribution in [-0.2, 0) is 20.8 Å². The second-order valence-corrected chi connectivity index (χ2v) is 5.81. The van der Waals surface area contributed by atoms with Crippen molar-refractivity contribution in [2.24, 2.45) is 0 Å². The molecule has 1 aromatic rings. The summed E-state index contributed by atoms with van der Waals surface area (Å²) in [7, 11) is 0. The second-order valence-electron chi connectivity index (χ2n) is 5.81. The molecule has 1 unspecified atom stereocenters. The molecule has 1 atom stereocenters. The van der Waals surface area contributed by atoms with Crippen LogP contribution in [0.3, 0.4) is 0 Å². The lowest BCUT2D eigenvalue weighted by Crippen LogP contribution is -2.53. The van der Waals surface area contributed by atoms with Crippen molar-refractivity contribution in [3.05, 3.63) is 35.4 Å². The van der Waals surface area contributed by atoms with Gasteiger partial charge in [0.25, 0.3) is 5.91 Å². The van der Waals surface area contributed by atoms with Crippen molar-refractivity contribution in [2.45, 2.75) is 12.6 Å². The van der Waals surface area contributed by atoms with Crippen LogP contribution in [0, 0.1) is 11.6 Å². The highest BCUT2D eigenvalue weighted by Gasteiger charge is 2.31. The van der Waals surface area contributed by atoms with Gasteiger partial charge in [0.05, 0.1) is 19.8 Å². The molecule has 0 N–H and O–H groups in total. The predicted octanol–water partition coefficient (Wildman–Crippen LogP) is 1.02. The number of morpholine rings is 2. The van der Waals surface area contributed by atoms with Gasteiger partial charge >= 0.3 is 0 Å². The molecule has 23 heavy (non-hydrogen) atoms. The molecule has 0 spiro atoms. The number of halogens is 2. The standard InChI is InChI=1S/C16H20F2N2O3/c17-13-7-12(8-14(18)9-13)10-19-1-6-23-15(11-19)16(21)20-2-4-22-5-3-20/h7-9,15H,1-6,10-11H2. The lowest BCUT2D eigenvalue weighted by atomic mass is 10.1. The van der Waals surface area contributed by atoms with Crippen molar-refractivity contribution in [3.63, 3.8) is 0 Å². The molecule has 5 nitrogen and oxygen atoms in total. The molecule has 126 valence electrons. The number of hydrogen-bond acceptors (Lipinski definition) is 4. The second kappa shape index (κ2) is 7.33. The molecule has 0 bridgehead atoms. The van der Waals surface area contributed by atoms with Gasteiger partial charge in [0.2, 0.25) is 0 Å². The Morgan fingerprint density at radius 1 is 1.09 bits per heavy atom. The first-order valence-corrected chi connectivity index (χ1v) is 7.77. The number of amides is 1. The van der Waals surface area contributed by atoms with Crippen LogP contribution in [-0.4, -0.2) is 67.8 Å². The molecule has 2 fully saturated rings. The van der Waals surface area contributed by atoms with Crippen LogP contribution in [0.1, 0.15) is 5.56 Å². The van der Waals surface area contributed by atoms with Crippen LogP contribution in [0.2, 0.25) is 0 Å². The summed E-state index contributed by atoms with van der Waals surface area (Å²) in [4.78, 5) is 16.2. The minimum Gasteiger partial charge on any atom is -0.378 e. The van der Waals surface area contributed by atoms with Gasteiger partial charge in [-0.2, -0.15) is 0 Å². The van der Waals surface area contributed by atoms with E-state index in [2.05, 4.69) is 0 Å². The lowest BCUT2D eigenvalue weighted by molar-refractivity contribution is -0.153. The molecular weight excluding hydrogens is 306 g/mol. The number of carbonyl (C=O) groups is 1. The first-order valence-electron chi connectivity index (χ1n) is 7.77. The van der Waals surface area contributed by atoms with E-state index in [1.54, 1.807) is 4.90 Å². The molecule has 7 heteroatoms. The Morgan fingerprint density at radius 3 is 2.48 bits per heavy atom. The molecule has 0 saturated carbocycles. The quantitative estimate of drug-likeness (QED) is 0.832. The Labute approximate surface area is 133 Å². The summed E-state index contributed by atoms with van der Waals surface area (Å²) in [5.74, 6) is -1.22. The smallest absolute Gasteiger partial charge is 0.253 e. The minimum atomic E-state index is -0.589. The van der Waals surface area contributed by atoms with Crippen molar-refractivity contribution in [2.75, 3.05) is 46.0 Å². The SMILES string of the molecule is O=C(C1CN(Cc2cc(F)cc(F)c2)CCO1)N1CCOCC1. The van der Waals surface area contributed by atoms with Crippen molar-refractivity contribution < 1.29 is 23.0 Å². The summed E-state index contributed by atoms with van der Waals surface area (Å²) in [5.41, 5.74) is 0.557. The molecule has 2 saturated heterocycles. The van der Waals surface area contributed by atoms with Crippen molar-refractivity contribution in [1.82, 2.24) is 9.80 Å². The molecule has 2 aliphatic heterocycles. The zero-order chi connectivity index (χ0) is 16.2. The highest BCUT2D eigenvalue weighted by Crippen LogP contribution is 2.15. The Bertz CT molecular complexity index is 544. The van der Waals surface area contributed by atoms with E-state index in [-0.39, 0.29) is 5.91 Å². The number of ether oxygens (including phenoxy) is 2. The molecule has 0 aromatic heterocycles. The van der Waals surface area contributed by atoms with Crippen molar-refractivity contribution in [1.29, 1.82) is 0 Å². The van der Waals surface area contributed by atoms with Crippen LogP contribution in [0.15, 0.2) is 18.2 Å². The van der Waals surface area contributed by atoms with Gasteiger partial charge in [-0.3, -0.25) is 9.69 Å². The fourth-order valence-corrected chi connectivity index (χ4v) is 2.94. The third-order valence-electron chi connectivity index (χ3n) is 4.08. The summed E-state index contributed by atoms with van der Waals surface area (Å²) in [6, 6.07) is 3.49. The van der Waals surface area contributed by atoms with E-state index in [1.165, 1.54) is 12.1 Å². The molecule has 0 radical (unpaired) electrons. The molecule has 2 aliphatic rings. The topological polar surface area (TPSA) is 42.0 Å². The Morgan fingerprint density at radius 2 is 1.78 bits per heavy atom.